The number of rotatable bonds is 11. The molecule has 0 aliphatic heterocycles. The Labute approximate surface area is 204 Å². The van der Waals surface area contributed by atoms with Crippen molar-refractivity contribution in [2.24, 2.45) is 0 Å². The van der Waals surface area contributed by atoms with Crippen molar-refractivity contribution in [3.8, 4) is 5.88 Å². The van der Waals surface area contributed by atoms with Gasteiger partial charge < -0.3 is 13.9 Å². The lowest BCUT2D eigenvalue weighted by Gasteiger charge is -2.36. The molecule has 2 rings (SSSR count). The molecule has 0 aliphatic carbocycles. The van der Waals surface area contributed by atoms with Gasteiger partial charge in [-0.25, -0.2) is 9.48 Å². The number of ketones is 1. The van der Waals surface area contributed by atoms with Gasteiger partial charge in [0.1, 0.15) is 6.54 Å². The number of Topliss-reactive ketones (excluding diaryl/α,β-unsaturated/α-hetero) is 1. The van der Waals surface area contributed by atoms with Crippen LogP contribution in [0.3, 0.4) is 0 Å². The normalized spacial score (nSPS) is 12.5. The number of alkyl halides is 3. The molecule has 0 aliphatic rings. The van der Waals surface area contributed by atoms with Crippen molar-refractivity contribution in [3.63, 3.8) is 0 Å². The number of nitrogens with zero attached hydrogens (tertiary/aromatic N) is 2. The van der Waals surface area contributed by atoms with E-state index in [1.54, 1.807) is 6.92 Å². The van der Waals surface area contributed by atoms with Crippen molar-refractivity contribution >= 4 is 20.1 Å². The predicted molar refractivity (Wildman–Crippen MR) is 127 cm³/mol. The third-order valence-corrected chi connectivity index (χ3v) is 10.4. The largest absolute Gasteiger partial charge is 0.477 e. The molecule has 11 heteroatoms. The lowest BCUT2D eigenvalue weighted by atomic mass is 10.1. The molecule has 0 saturated carbocycles. The van der Waals surface area contributed by atoms with Crippen LogP contribution in [0, 0.1) is 0 Å². The number of ether oxygens (including phenoxy) is 2. The highest BCUT2D eigenvalue weighted by molar-refractivity contribution is 6.74. The van der Waals surface area contributed by atoms with Crippen molar-refractivity contribution in [2.75, 3.05) is 19.8 Å². The molecular formula is C24H33F3N2O5Si. The van der Waals surface area contributed by atoms with E-state index in [-0.39, 0.29) is 35.4 Å². The maximum Gasteiger partial charge on any atom is 0.416 e. The van der Waals surface area contributed by atoms with Gasteiger partial charge in [-0.1, -0.05) is 32.9 Å². The van der Waals surface area contributed by atoms with Crippen molar-refractivity contribution in [1.29, 1.82) is 0 Å². The van der Waals surface area contributed by atoms with Gasteiger partial charge in [0.05, 0.1) is 18.8 Å². The Morgan fingerprint density at radius 2 is 1.77 bits per heavy atom. The van der Waals surface area contributed by atoms with Crippen LogP contribution in [0.2, 0.25) is 18.1 Å². The summed E-state index contributed by atoms with van der Waals surface area (Å²) in [6, 6.07) is 5.45. The highest BCUT2D eigenvalue weighted by Crippen LogP contribution is 2.36. The molecule has 0 amide bonds. The van der Waals surface area contributed by atoms with Crippen LogP contribution in [0.25, 0.3) is 0 Å². The van der Waals surface area contributed by atoms with E-state index < -0.39 is 38.4 Å². The van der Waals surface area contributed by atoms with Gasteiger partial charge in [-0.15, -0.1) is 5.10 Å². The van der Waals surface area contributed by atoms with Gasteiger partial charge in [-0.05, 0) is 37.2 Å². The highest BCUT2D eigenvalue weighted by Gasteiger charge is 2.36. The first kappa shape index (κ1) is 28.6. The predicted octanol–water partition coefficient (Wildman–Crippen LogP) is 5.75. The fraction of sp³-hybridized carbons (Fsp3) is 0.542. The summed E-state index contributed by atoms with van der Waals surface area (Å²) in [4.78, 5) is 25.0. The molecule has 0 unspecified atom stereocenters. The SMILES string of the molecule is CCOC(=O)c1cc(OCCCO[Si](C)(C)C(C)(C)C)nn1CC(=O)c1cccc(C(F)(F)F)c1. The zero-order valence-corrected chi connectivity index (χ0v) is 22.0. The topological polar surface area (TPSA) is 79.7 Å². The second kappa shape index (κ2) is 11.4. The summed E-state index contributed by atoms with van der Waals surface area (Å²) in [6.45, 7) is 12.8. The Morgan fingerprint density at radius 3 is 2.37 bits per heavy atom. The van der Waals surface area contributed by atoms with Gasteiger partial charge in [0, 0.05) is 24.7 Å². The molecule has 1 heterocycles. The average molecular weight is 515 g/mol. The summed E-state index contributed by atoms with van der Waals surface area (Å²) < 4.78 is 56.8. The van der Waals surface area contributed by atoms with Crippen molar-refractivity contribution in [2.45, 2.75) is 65.0 Å². The Hall–Kier alpha value is -2.66. The zero-order valence-electron chi connectivity index (χ0n) is 21.0. The summed E-state index contributed by atoms with van der Waals surface area (Å²) in [5.41, 5.74) is -1.10. The number of aromatic nitrogens is 2. The minimum Gasteiger partial charge on any atom is -0.477 e. The fourth-order valence-corrected chi connectivity index (χ4v) is 3.92. The van der Waals surface area contributed by atoms with Crippen LogP contribution in [0.4, 0.5) is 13.2 Å². The molecule has 194 valence electrons. The van der Waals surface area contributed by atoms with E-state index in [0.717, 1.165) is 22.9 Å². The summed E-state index contributed by atoms with van der Waals surface area (Å²) in [7, 11) is -1.87. The van der Waals surface area contributed by atoms with Gasteiger partial charge in [0.25, 0.3) is 0 Å². The van der Waals surface area contributed by atoms with E-state index in [2.05, 4.69) is 39.0 Å². The molecule has 7 nitrogen and oxygen atoms in total. The van der Waals surface area contributed by atoms with E-state index in [1.807, 2.05) is 0 Å². The van der Waals surface area contributed by atoms with E-state index in [1.165, 1.54) is 12.1 Å². The third kappa shape index (κ3) is 7.92. The Kier molecular flexibility index (Phi) is 9.29. The number of esters is 1. The number of hydrogen-bond acceptors (Lipinski definition) is 6. The first-order valence-electron chi connectivity index (χ1n) is 11.4. The van der Waals surface area contributed by atoms with Gasteiger partial charge in [0.15, 0.2) is 19.8 Å². The second-order valence-electron chi connectivity index (χ2n) is 9.56. The lowest BCUT2D eigenvalue weighted by molar-refractivity contribution is -0.137. The standard InChI is InChI=1S/C24H33F3N2O5Si/c1-7-32-22(31)19-15-21(33-12-9-13-34-35(5,6)23(2,3)4)28-29(19)16-20(30)17-10-8-11-18(14-17)24(25,26)27/h8,10-11,14-15H,7,9,12-13,16H2,1-6H3. The van der Waals surface area contributed by atoms with Crippen LogP contribution in [-0.4, -0.2) is 49.7 Å². The molecule has 35 heavy (non-hydrogen) atoms. The first-order valence-corrected chi connectivity index (χ1v) is 14.3. The molecule has 0 fully saturated rings. The summed E-state index contributed by atoms with van der Waals surface area (Å²) in [5, 5.41) is 4.24. The zero-order chi connectivity index (χ0) is 26.4. The van der Waals surface area contributed by atoms with Crippen LogP contribution in [0.15, 0.2) is 30.3 Å². The molecule has 0 saturated heterocycles. The molecule has 2 aromatic rings. The first-order chi connectivity index (χ1) is 16.2. The van der Waals surface area contributed by atoms with E-state index in [4.69, 9.17) is 13.9 Å². The Bertz CT molecular complexity index is 1030. The summed E-state index contributed by atoms with van der Waals surface area (Å²) in [6.07, 6.45) is -3.98. The van der Waals surface area contributed by atoms with Gasteiger partial charge in [-0.2, -0.15) is 13.2 Å². The number of hydrogen-bond donors (Lipinski definition) is 0. The van der Waals surface area contributed by atoms with Crippen LogP contribution in [-0.2, 0) is 21.9 Å². The quantitative estimate of drug-likeness (QED) is 0.164. The van der Waals surface area contributed by atoms with E-state index in [9.17, 15) is 22.8 Å². The van der Waals surface area contributed by atoms with Crippen LogP contribution >= 0.6 is 0 Å². The molecule has 0 N–H and O–H groups in total. The lowest BCUT2D eigenvalue weighted by Crippen LogP contribution is -2.41. The van der Waals surface area contributed by atoms with Crippen molar-refractivity contribution < 1.29 is 36.7 Å². The monoisotopic (exact) mass is 514 g/mol. The minimum atomic E-state index is -4.58. The smallest absolute Gasteiger partial charge is 0.416 e. The molecule has 0 spiro atoms. The minimum absolute atomic E-state index is 0.0281. The number of benzene rings is 1. The highest BCUT2D eigenvalue weighted by atomic mass is 28.4. The second-order valence-corrected chi connectivity index (χ2v) is 14.4. The molecular weight excluding hydrogens is 481 g/mol. The molecule has 0 radical (unpaired) electrons. The molecule has 0 bridgehead atoms. The molecule has 0 atom stereocenters. The summed E-state index contributed by atoms with van der Waals surface area (Å²) in [5.74, 6) is -1.25. The number of carbonyl (C=O) groups is 2. The van der Waals surface area contributed by atoms with Crippen LogP contribution in [0.5, 0.6) is 5.88 Å². The van der Waals surface area contributed by atoms with Gasteiger partial charge >= 0.3 is 12.1 Å². The number of carbonyl (C=O) groups excluding carboxylic acids is 2. The number of halogens is 3. The van der Waals surface area contributed by atoms with E-state index >= 15 is 0 Å². The maximum atomic E-state index is 13.0. The third-order valence-electron chi connectivity index (χ3n) is 5.86. The van der Waals surface area contributed by atoms with Crippen molar-refractivity contribution in [3.05, 3.63) is 47.2 Å². The fourth-order valence-electron chi connectivity index (χ4n) is 2.83. The van der Waals surface area contributed by atoms with Gasteiger partial charge in [-0.3, -0.25) is 4.79 Å². The molecule has 1 aromatic heterocycles. The van der Waals surface area contributed by atoms with Gasteiger partial charge in [0.2, 0.25) is 5.88 Å². The van der Waals surface area contributed by atoms with Crippen LogP contribution < -0.4 is 4.74 Å². The Morgan fingerprint density at radius 1 is 1.09 bits per heavy atom. The summed E-state index contributed by atoms with van der Waals surface area (Å²) >= 11 is 0. The maximum absolute atomic E-state index is 13.0. The Balaban J connectivity index is 2.09. The van der Waals surface area contributed by atoms with Crippen molar-refractivity contribution in [1.82, 2.24) is 9.78 Å². The van der Waals surface area contributed by atoms with E-state index in [0.29, 0.717) is 13.0 Å². The van der Waals surface area contributed by atoms with Crippen LogP contribution in [0.1, 0.15) is 60.5 Å². The molecule has 1 aromatic carbocycles. The average Bonchev–Trinajstić information content (AvgIpc) is 3.15.